The molecule has 3 aliphatic rings. The molecule has 0 aromatic carbocycles. The first-order valence-electron chi connectivity index (χ1n) is 11.1. The second-order valence-electron chi connectivity index (χ2n) is 9.20. The number of carbonyl (C=O) groups excluding carboxylic acids is 4. The van der Waals surface area contributed by atoms with Gasteiger partial charge in [0.05, 0.1) is 37.4 Å². The molecule has 6 atom stereocenters. The van der Waals surface area contributed by atoms with Gasteiger partial charge >= 0.3 is 23.9 Å². The average molecular weight is 465 g/mol. The number of allylic oxidation sites excluding steroid dienone is 1. The Bertz CT molecular complexity index is 873. The van der Waals surface area contributed by atoms with Crippen molar-refractivity contribution in [3.63, 3.8) is 0 Å². The molecule has 0 amide bonds. The molecule has 1 saturated heterocycles. The molecule has 0 radical (unpaired) electrons. The van der Waals surface area contributed by atoms with Crippen LogP contribution in [0.5, 0.6) is 0 Å². The lowest BCUT2D eigenvalue weighted by Crippen LogP contribution is -2.51. The van der Waals surface area contributed by atoms with E-state index < -0.39 is 29.7 Å². The summed E-state index contributed by atoms with van der Waals surface area (Å²) < 4.78 is 25.8. The second-order valence-corrected chi connectivity index (χ2v) is 9.20. The van der Waals surface area contributed by atoms with Crippen molar-refractivity contribution in [2.75, 3.05) is 27.4 Å². The van der Waals surface area contributed by atoms with Crippen LogP contribution in [-0.4, -0.2) is 57.4 Å². The third-order valence-corrected chi connectivity index (χ3v) is 7.47. The minimum Gasteiger partial charge on any atom is -0.494 e. The summed E-state index contributed by atoms with van der Waals surface area (Å²) >= 11 is 0. The van der Waals surface area contributed by atoms with Crippen LogP contribution in [0.1, 0.15) is 33.6 Å². The summed E-state index contributed by atoms with van der Waals surface area (Å²) in [7, 11) is 2.31. The van der Waals surface area contributed by atoms with Gasteiger partial charge in [-0.25, -0.2) is 9.59 Å². The first-order valence-corrected chi connectivity index (χ1v) is 11.1. The van der Waals surface area contributed by atoms with E-state index in [1.807, 2.05) is 13.8 Å². The predicted molar refractivity (Wildman–Crippen MR) is 114 cm³/mol. The maximum atomic E-state index is 13.4. The van der Waals surface area contributed by atoms with E-state index in [-0.39, 0.29) is 60.4 Å². The Hall–Kier alpha value is -2.84. The first-order chi connectivity index (χ1) is 15.6. The van der Waals surface area contributed by atoms with Gasteiger partial charge in [0.1, 0.15) is 19.3 Å². The zero-order valence-electron chi connectivity index (χ0n) is 19.8. The molecule has 2 aliphatic carbocycles. The van der Waals surface area contributed by atoms with E-state index in [1.165, 1.54) is 0 Å². The molecule has 9 nitrogen and oxygen atoms in total. The number of methoxy groups -OCH3 is 2. The largest absolute Gasteiger partial charge is 0.494 e. The van der Waals surface area contributed by atoms with Crippen molar-refractivity contribution >= 4 is 23.9 Å². The Morgan fingerprint density at radius 2 is 1.82 bits per heavy atom. The zero-order valence-corrected chi connectivity index (χ0v) is 19.8. The fraction of sp³-hybridized carbons (Fsp3) is 0.667. The van der Waals surface area contributed by atoms with Gasteiger partial charge in [-0.1, -0.05) is 27.4 Å². The second kappa shape index (κ2) is 9.57. The van der Waals surface area contributed by atoms with E-state index in [0.29, 0.717) is 5.76 Å². The Morgan fingerprint density at radius 1 is 1.15 bits per heavy atom. The van der Waals surface area contributed by atoms with E-state index >= 15 is 0 Å². The van der Waals surface area contributed by atoms with E-state index in [4.69, 9.17) is 14.2 Å². The molecule has 9 heteroatoms. The Morgan fingerprint density at radius 3 is 2.42 bits per heavy atom. The van der Waals surface area contributed by atoms with Gasteiger partial charge < -0.3 is 23.7 Å². The minimum atomic E-state index is -0.894. The average Bonchev–Trinajstić information content (AvgIpc) is 3.38. The number of esters is 4. The standard InChI is InChI=1S/C24H32O9/c1-12(2)24(17-11-16-20(24)14(4)33-21(16)13(17)3)23(28)32-8-7-31-22(27)15(9-18(25)29-5)10-19(26)30-6/h9,12-13,16-17,20-21H,4,7-8,10-11H2,1-3,5-6H3/b15-9+. The number of hydrogen-bond acceptors (Lipinski definition) is 9. The lowest BCUT2D eigenvalue weighted by Gasteiger charge is -2.44. The van der Waals surface area contributed by atoms with Crippen LogP contribution >= 0.6 is 0 Å². The number of hydrogen-bond donors (Lipinski definition) is 0. The van der Waals surface area contributed by atoms with Gasteiger partial charge in [0, 0.05) is 17.9 Å². The van der Waals surface area contributed by atoms with Crippen LogP contribution in [0.15, 0.2) is 24.0 Å². The molecule has 0 spiro atoms. The lowest BCUT2D eigenvalue weighted by atomic mass is 9.57. The first kappa shape index (κ1) is 24.8. The van der Waals surface area contributed by atoms with Gasteiger partial charge in [-0.05, 0) is 24.2 Å². The van der Waals surface area contributed by atoms with E-state index in [9.17, 15) is 19.2 Å². The van der Waals surface area contributed by atoms with Gasteiger partial charge in [-0.2, -0.15) is 0 Å². The monoisotopic (exact) mass is 464 g/mol. The van der Waals surface area contributed by atoms with Crippen molar-refractivity contribution < 1.29 is 42.9 Å². The van der Waals surface area contributed by atoms with E-state index in [1.54, 1.807) is 0 Å². The Labute approximate surface area is 193 Å². The van der Waals surface area contributed by atoms with Gasteiger partial charge in [-0.15, -0.1) is 0 Å². The van der Waals surface area contributed by atoms with E-state index in [0.717, 1.165) is 26.7 Å². The van der Waals surface area contributed by atoms with Gasteiger partial charge in [0.25, 0.3) is 0 Å². The maximum Gasteiger partial charge on any atom is 0.334 e. The van der Waals surface area contributed by atoms with E-state index in [2.05, 4.69) is 23.0 Å². The molecule has 6 unspecified atom stereocenters. The number of fused-ring (bicyclic) bond motifs is 1. The minimum absolute atomic E-state index is 0.0176. The molecule has 0 aromatic rings. The molecule has 0 N–H and O–H groups in total. The van der Waals surface area contributed by atoms with Crippen molar-refractivity contribution in [3.8, 4) is 0 Å². The molecule has 33 heavy (non-hydrogen) atoms. The number of rotatable bonds is 9. The summed E-state index contributed by atoms with van der Waals surface area (Å²) in [5.74, 6) is -1.50. The molecular weight excluding hydrogens is 432 g/mol. The highest BCUT2D eigenvalue weighted by Crippen LogP contribution is 2.70. The number of ether oxygens (including phenoxy) is 5. The van der Waals surface area contributed by atoms with Crippen LogP contribution in [0.2, 0.25) is 0 Å². The van der Waals surface area contributed by atoms with Crippen LogP contribution in [0.4, 0.5) is 0 Å². The quantitative estimate of drug-likeness (QED) is 0.219. The van der Waals surface area contributed by atoms with Crippen LogP contribution in [0, 0.1) is 35.0 Å². The topological polar surface area (TPSA) is 114 Å². The molecular formula is C24H32O9. The lowest BCUT2D eigenvalue weighted by molar-refractivity contribution is -0.171. The summed E-state index contributed by atoms with van der Waals surface area (Å²) in [6.45, 7) is 9.86. The van der Waals surface area contributed by atoms with Gasteiger partial charge in [-0.3, -0.25) is 9.59 Å². The van der Waals surface area contributed by atoms with Crippen molar-refractivity contribution in [3.05, 3.63) is 24.0 Å². The molecule has 2 bridgehead atoms. The summed E-state index contributed by atoms with van der Waals surface area (Å²) in [6.07, 6.45) is 1.44. The molecule has 1 aliphatic heterocycles. The third-order valence-electron chi connectivity index (χ3n) is 7.47. The van der Waals surface area contributed by atoms with Gasteiger partial charge in [0.2, 0.25) is 0 Å². The van der Waals surface area contributed by atoms with Crippen molar-refractivity contribution in [1.29, 1.82) is 0 Å². The van der Waals surface area contributed by atoms with Crippen LogP contribution < -0.4 is 0 Å². The predicted octanol–water partition coefficient (Wildman–Crippen LogP) is 2.19. The van der Waals surface area contributed by atoms with Crippen molar-refractivity contribution in [2.24, 2.45) is 35.0 Å². The fourth-order valence-corrected chi connectivity index (χ4v) is 6.15. The summed E-state index contributed by atoms with van der Waals surface area (Å²) in [5.41, 5.74) is -0.940. The summed E-state index contributed by atoms with van der Waals surface area (Å²) in [6, 6.07) is 0. The van der Waals surface area contributed by atoms with Crippen molar-refractivity contribution in [1.82, 2.24) is 0 Å². The molecule has 182 valence electrons. The third kappa shape index (κ3) is 4.13. The smallest absolute Gasteiger partial charge is 0.334 e. The summed E-state index contributed by atoms with van der Waals surface area (Å²) in [5, 5.41) is 0. The Balaban J connectivity index is 1.63. The Kier molecular flexibility index (Phi) is 7.19. The highest BCUT2D eigenvalue weighted by Gasteiger charge is 2.74. The van der Waals surface area contributed by atoms with Crippen molar-refractivity contribution in [2.45, 2.75) is 39.7 Å². The highest BCUT2D eigenvalue weighted by atomic mass is 16.6. The molecule has 0 aromatic heterocycles. The molecule has 3 fully saturated rings. The number of carbonyl (C=O) groups is 4. The maximum absolute atomic E-state index is 13.4. The highest BCUT2D eigenvalue weighted by molar-refractivity contribution is 5.99. The molecule has 3 rings (SSSR count). The van der Waals surface area contributed by atoms with Gasteiger partial charge in [0.15, 0.2) is 0 Å². The van der Waals surface area contributed by atoms with Crippen LogP contribution in [0.3, 0.4) is 0 Å². The SMILES string of the molecule is C=C1OC2C(C)C3CC2C1C3(C(=O)OCCOC(=O)/C(=C/C(=O)OC)CC(=O)OC)C(C)C. The molecule has 1 heterocycles. The van der Waals surface area contributed by atoms with Crippen LogP contribution in [0.25, 0.3) is 0 Å². The zero-order chi connectivity index (χ0) is 24.5. The fourth-order valence-electron chi connectivity index (χ4n) is 6.15. The van der Waals surface area contributed by atoms with Crippen LogP contribution in [-0.2, 0) is 42.9 Å². The molecule has 2 saturated carbocycles. The normalized spacial score (nSPS) is 31.9. The summed E-state index contributed by atoms with van der Waals surface area (Å²) in [4.78, 5) is 48.8.